The maximum atomic E-state index is 10.6. The molecule has 0 saturated heterocycles. The van der Waals surface area contributed by atoms with Gasteiger partial charge in [0.1, 0.15) is 11.2 Å². The molecule has 3 N–H and O–H groups in total. The van der Waals surface area contributed by atoms with Gasteiger partial charge in [-0.15, -0.1) is 0 Å². The zero-order valence-corrected chi connectivity index (χ0v) is 10.4. The molecule has 3 heterocycles. The maximum absolute atomic E-state index is 10.6. The number of hydrogen-bond donors (Lipinski definition) is 2. The molecule has 0 unspecified atom stereocenters. The number of furan rings is 1. The van der Waals surface area contributed by atoms with E-state index in [0.29, 0.717) is 22.6 Å². The standard InChI is InChI=1S/C12H11N5O3/c13-12-15-9(7-2-1-5-20-7)10-11(16-12)17(6-14-10)4-3-8(18)19/h1-2,5-6H,3-4H2,(H,18,19)(H2,13,15,16). The molecule has 20 heavy (non-hydrogen) atoms. The van der Waals surface area contributed by atoms with Crippen LogP contribution in [0.25, 0.3) is 22.6 Å². The molecule has 0 saturated carbocycles. The van der Waals surface area contributed by atoms with Crippen molar-refractivity contribution in [2.45, 2.75) is 13.0 Å². The van der Waals surface area contributed by atoms with Gasteiger partial charge in [-0.1, -0.05) is 0 Å². The van der Waals surface area contributed by atoms with Gasteiger partial charge in [-0.05, 0) is 12.1 Å². The summed E-state index contributed by atoms with van der Waals surface area (Å²) < 4.78 is 6.93. The van der Waals surface area contributed by atoms with Crippen LogP contribution in [-0.4, -0.2) is 30.6 Å². The smallest absolute Gasteiger partial charge is 0.305 e. The number of carboxylic acids is 1. The Morgan fingerprint density at radius 1 is 1.45 bits per heavy atom. The highest BCUT2D eigenvalue weighted by Gasteiger charge is 2.15. The van der Waals surface area contributed by atoms with Gasteiger partial charge in [0.05, 0.1) is 19.0 Å². The van der Waals surface area contributed by atoms with E-state index in [1.807, 2.05) is 0 Å². The molecule has 8 heteroatoms. The van der Waals surface area contributed by atoms with Crippen molar-refractivity contribution in [3.05, 3.63) is 24.7 Å². The van der Waals surface area contributed by atoms with Gasteiger partial charge in [0.2, 0.25) is 5.95 Å². The van der Waals surface area contributed by atoms with Crippen molar-refractivity contribution in [3.63, 3.8) is 0 Å². The number of aromatic nitrogens is 4. The molecule has 0 aromatic carbocycles. The summed E-state index contributed by atoms with van der Waals surface area (Å²) >= 11 is 0. The molecule has 0 amide bonds. The molecular formula is C12H11N5O3. The minimum Gasteiger partial charge on any atom is -0.481 e. The molecule has 8 nitrogen and oxygen atoms in total. The van der Waals surface area contributed by atoms with Gasteiger partial charge >= 0.3 is 5.97 Å². The number of nitrogen functional groups attached to an aromatic ring is 1. The average molecular weight is 273 g/mol. The molecule has 102 valence electrons. The Balaban J connectivity index is 2.12. The molecule has 0 aliphatic rings. The van der Waals surface area contributed by atoms with Crippen LogP contribution < -0.4 is 5.73 Å². The average Bonchev–Trinajstić information content (AvgIpc) is 3.05. The highest BCUT2D eigenvalue weighted by molar-refractivity contribution is 5.86. The van der Waals surface area contributed by atoms with E-state index in [9.17, 15) is 4.79 Å². The van der Waals surface area contributed by atoms with Crippen LogP contribution in [0.2, 0.25) is 0 Å². The van der Waals surface area contributed by atoms with Gasteiger partial charge in [-0.2, -0.15) is 4.98 Å². The van der Waals surface area contributed by atoms with E-state index in [1.165, 1.54) is 12.6 Å². The zero-order chi connectivity index (χ0) is 14.1. The minimum absolute atomic E-state index is 0.0224. The van der Waals surface area contributed by atoms with E-state index in [4.69, 9.17) is 15.3 Å². The second-order valence-electron chi connectivity index (χ2n) is 4.16. The number of hydrogen-bond acceptors (Lipinski definition) is 6. The lowest BCUT2D eigenvalue weighted by molar-refractivity contribution is -0.137. The zero-order valence-electron chi connectivity index (χ0n) is 10.4. The first-order valence-electron chi connectivity index (χ1n) is 5.89. The highest BCUT2D eigenvalue weighted by atomic mass is 16.4. The summed E-state index contributed by atoms with van der Waals surface area (Å²) in [5.41, 5.74) is 7.20. The number of carbonyl (C=O) groups is 1. The Labute approximate surface area is 112 Å². The van der Waals surface area contributed by atoms with Crippen LogP contribution in [0.15, 0.2) is 29.1 Å². The SMILES string of the molecule is Nc1nc(-c2ccco2)c2ncn(CCC(=O)O)c2n1. The highest BCUT2D eigenvalue weighted by Crippen LogP contribution is 2.26. The van der Waals surface area contributed by atoms with Gasteiger partial charge in [0.25, 0.3) is 0 Å². The molecule has 0 aliphatic heterocycles. The number of nitrogens with zero attached hydrogens (tertiary/aromatic N) is 4. The lowest BCUT2D eigenvalue weighted by Gasteiger charge is -2.03. The molecule has 0 radical (unpaired) electrons. The van der Waals surface area contributed by atoms with E-state index in [1.54, 1.807) is 16.7 Å². The van der Waals surface area contributed by atoms with Gasteiger partial charge in [0, 0.05) is 6.54 Å². The van der Waals surface area contributed by atoms with Gasteiger partial charge in [-0.3, -0.25) is 4.79 Å². The Hall–Kier alpha value is -2.90. The van der Waals surface area contributed by atoms with Crippen molar-refractivity contribution >= 4 is 23.1 Å². The van der Waals surface area contributed by atoms with Gasteiger partial charge < -0.3 is 19.8 Å². The van der Waals surface area contributed by atoms with Crippen molar-refractivity contribution in [1.82, 2.24) is 19.5 Å². The second kappa shape index (κ2) is 4.65. The normalized spacial score (nSPS) is 11.0. The molecule has 0 spiro atoms. The predicted octanol–water partition coefficient (Wildman–Crippen LogP) is 1.14. The monoisotopic (exact) mass is 273 g/mol. The fourth-order valence-electron chi connectivity index (χ4n) is 1.93. The summed E-state index contributed by atoms with van der Waals surface area (Å²) in [6, 6.07) is 3.48. The summed E-state index contributed by atoms with van der Waals surface area (Å²) in [4.78, 5) is 23.1. The van der Waals surface area contributed by atoms with Crippen molar-refractivity contribution in [1.29, 1.82) is 0 Å². The third-order valence-corrected chi connectivity index (χ3v) is 2.80. The van der Waals surface area contributed by atoms with E-state index in [0.717, 1.165) is 0 Å². The first-order chi connectivity index (χ1) is 9.65. The maximum Gasteiger partial charge on any atom is 0.305 e. The first kappa shape index (κ1) is 12.2. The minimum atomic E-state index is -0.889. The van der Waals surface area contributed by atoms with Crippen LogP contribution >= 0.6 is 0 Å². The molecule has 3 aromatic rings. The summed E-state index contributed by atoms with van der Waals surface area (Å²) in [6.07, 6.45) is 3.03. The number of aryl methyl sites for hydroxylation is 1. The van der Waals surface area contributed by atoms with Crippen LogP contribution in [-0.2, 0) is 11.3 Å². The molecule has 3 rings (SSSR count). The van der Waals surface area contributed by atoms with Crippen LogP contribution in [0, 0.1) is 0 Å². The van der Waals surface area contributed by atoms with Crippen molar-refractivity contribution in [3.8, 4) is 11.5 Å². The van der Waals surface area contributed by atoms with Crippen molar-refractivity contribution in [2.75, 3.05) is 5.73 Å². The lowest BCUT2D eigenvalue weighted by Crippen LogP contribution is -2.05. The first-order valence-corrected chi connectivity index (χ1v) is 5.89. The number of nitrogens with two attached hydrogens (primary N) is 1. The quantitative estimate of drug-likeness (QED) is 0.731. The Morgan fingerprint density at radius 2 is 2.30 bits per heavy atom. The Morgan fingerprint density at radius 3 is 3.00 bits per heavy atom. The van der Waals surface area contributed by atoms with Crippen LogP contribution in [0.3, 0.4) is 0 Å². The summed E-state index contributed by atoms with van der Waals surface area (Å²) in [6.45, 7) is 0.264. The van der Waals surface area contributed by atoms with Gasteiger partial charge in [-0.25, -0.2) is 9.97 Å². The van der Waals surface area contributed by atoms with E-state index >= 15 is 0 Å². The fourth-order valence-corrected chi connectivity index (χ4v) is 1.93. The summed E-state index contributed by atoms with van der Waals surface area (Å²) in [5, 5.41) is 8.74. The van der Waals surface area contributed by atoms with Gasteiger partial charge in [0.15, 0.2) is 11.4 Å². The second-order valence-corrected chi connectivity index (χ2v) is 4.16. The van der Waals surface area contributed by atoms with Crippen molar-refractivity contribution < 1.29 is 14.3 Å². The molecule has 0 bridgehead atoms. The third-order valence-electron chi connectivity index (χ3n) is 2.80. The predicted molar refractivity (Wildman–Crippen MR) is 69.7 cm³/mol. The van der Waals surface area contributed by atoms with Crippen molar-refractivity contribution in [2.24, 2.45) is 0 Å². The number of imidazole rings is 1. The van der Waals surface area contributed by atoms with E-state index < -0.39 is 5.97 Å². The summed E-state index contributed by atoms with van der Waals surface area (Å²) in [7, 11) is 0. The lowest BCUT2D eigenvalue weighted by atomic mass is 10.3. The molecular weight excluding hydrogens is 262 g/mol. The molecule has 0 fully saturated rings. The molecule has 0 atom stereocenters. The topological polar surface area (TPSA) is 120 Å². The molecule has 3 aromatic heterocycles. The number of aliphatic carboxylic acids is 1. The van der Waals surface area contributed by atoms with Crippen LogP contribution in [0.1, 0.15) is 6.42 Å². The fraction of sp³-hybridized carbons (Fsp3) is 0.167. The third kappa shape index (κ3) is 2.07. The van der Waals surface area contributed by atoms with Crippen LogP contribution in [0.5, 0.6) is 0 Å². The molecule has 0 aliphatic carbocycles. The Kier molecular flexibility index (Phi) is 2.82. The number of anilines is 1. The van der Waals surface area contributed by atoms with Crippen LogP contribution in [0.4, 0.5) is 5.95 Å². The number of carboxylic acid groups (broad SMARTS) is 1. The Bertz CT molecular complexity index is 763. The largest absolute Gasteiger partial charge is 0.481 e. The van der Waals surface area contributed by atoms with E-state index in [-0.39, 0.29) is 18.9 Å². The van der Waals surface area contributed by atoms with E-state index in [2.05, 4.69) is 15.0 Å². The number of fused-ring (bicyclic) bond motifs is 1. The summed E-state index contributed by atoms with van der Waals surface area (Å²) in [5.74, 6) is -0.270. The number of rotatable bonds is 4.